The van der Waals surface area contributed by atoms with E-state index in [1.165, 1.54) is 0 Å². The van der Waals surface area contributed by atoms with Crippen molar-refractivity contribution in [2.75, 3.05) is 11.9 Å². The molecular formula is C14H12ClF3N2O. The van der Waals surface area contributed by atoms with Gasteiger partial charge in [0.05, 0.1) is 5.56 Å². The van der Waals surface area contributed by atoms with Crippen LogP contribution in [0.25, 0.3) is 0 Å². The molecule has 0 unspecified atom stereocenters. The maximum Gasteiger partial charge on any atom is 0.416 e. The maximum atomic E-state index is 12.9. The molecule has 1 heterocycles. The number of ether oxygens (including phenoxy) is 1. The average molecular weight is 317 g/mol. The number of halogens is 4. The van der Waals surface area contributed by atoms with Gasteiger partial charge in [0.15, 0.2) is 0 Å². The highest BCUT2D eigenvalue weighted by Crippen LogP contribution is 2.33. The molecule has 21 heavy (non-hydrogen) atoms. The van der Waals surface area contributed by atoms with Crippen molar-refractivity contribution >= 4 is 17.4 Å². The molecule has 2 rings (SSSR count). The molecule has 2 aromatic rings. The smallest absolute Gasteiger partial charge is 0.416 e. The summed E-state index contributed by atoms with van der Waals surface area (Å²) >= 11 is 5.74. The minimum Gasteiger partial charge on any atom is -0.439 e. The molecule has 3 nitrogen and oxygen atoms in total. The monoisotopic (exact) mass is 316 g/mol. The molecule has 112 valence electrons. The van der Waals surface area contributed by atoms with Crippen LogP contribution in [0.1, 0.15) is 12.5 Å². The van der Waals surface area contributed by atoms with E-state index in [9.17, 15) is 13.2 Å². The molecule has 0 atom stereocenters. The minimum absolute atomic E-state index is 0.108. The van der Waals surface area contributed by atoms with Crippen LogP contribution in [0, 0.1) is 0 Å². The van der Waals surface area contributed by atoms with Crippen molar-refractivity contribution in [3.05, 3.63) is 47.0 Å². The molecule has 0 bridgehead atoms. The van der Waals surface area contributed by atoms with Crippen molar-refractivity contribution in [3.63, 3.8) is 0 Å². The minimum atomic E-state index is -4.47. The number of nitrogens with one attached hydrogen (secondary N) is 1. The van der Waals surface area contributed by atoms with E-state index in [1.807, 2.05) is 0 Å². The lowest BCUT2D eigenvalue weighted by Gasteiger charge is -2.12. The first-order chi connectivity index (χ1) is 9.88. The molecule has 0 fully saturated rings. The standard InChI is InChI=1S/C14H12ClF3N2O/c1-2-19-12-7-9(14(16,17)18)8-13(20-12)21-11-5-3-10(15)4-6-11/h3-8H,2H2,1H3,(H,19,20). The third kappa shape index (κ3) is 4.26. The van der Waals surface area contributed by atoms with Gasteiger partial charge in [-0.25, -0.2) is 0 Å². The van der Waals surface area contributed by atoms with Crippen LogP contribution in [0.5, 0.6) is 11.6 Å². The van der Waals surface area contributed by atoms with Crippen LogP contribution in [-0.4, -0.2) is 11.5 Å². The molecule has 0 aliphatic carbocycles. The normalized spacial score (nSPS) is 11.3. The van der Waals surface area contributed by atoms with Crippen LogP contribution in [0.15, 0.2) is 36.4 Å². The summed E-state index contributed by atoms with van der Waals surface area (Å²) in [6.07, 6.45) is -4.47. The zero-order valence-electron chi connectivity index (χ0n) is 11.0. The highest BCUT2D eigenvalue weighted by atomic mass is 35.5. The van der Waals surface area contributed by atoms with Gasteiger partial charge in [-0.1, -0.05) is 11.6 Å². The van der Waals surface area contributed by atoms with Crippen LogP contribution in [0.2, 0.25) is 5.02 Å². The van der Waals surface area contributed by atoms with Crippen molar-refractivity contribution in [1.29, 1.82) is 0 Å². The Kier molecular flexibility index (Phi) is 4.57. The van der Waals surface area contributed by atoms with Crippen molar-refractivity contribution in [2.45, 2.75) is 13.1 Å². The Labute approximate surface area is 124 Å². The summed E-state index contributed by atoms with van der Waals surface area (Å²) in [6, 6.07) is 8.06. The fourth-order valence-electron chi connectivity index (χ4n) is 1.62. The van der Waals surface area contributed by atoms with Gasteiger partial charge in [-0.2, -0.15) is 18.2 Å². The van der Waals surface area contributed by atoms with Gasteiger partial charge in [0.25, 0.3) is 0 Å². The third-order valence-corrected chi connectivity index (χ3v) is 2.78. The van der Waals surface area contributed by atoms with Crippen molar-refractivity contribution in [3.8, 4) is 11.6 Å². The lowest BCUT2D eigenvalue weighted by molar-refractivity contribution is -0.137. The fraction of sp³-hybridized carbons (Fsp3) is 0.214. The molecule has 0 aliphatic heterocycles. The summed E-state index contributed by atoms with van der Waals surface area (Å²) in [5, 5.41) is 3.25. The maximum absolute atomic E-state index is 12.9. The number of anilines is 1. The summed E-state index contributed by atoms with van der Waals surface area (Å²) in [5.41, 5.74) is -0.822. The predicted octanol–water partition coefficient (Wildman–Crippen LogP) is 4.98. The summed E-state index contributed by atoms with van der Waals surface area (Å²) in [5.74, 6) is 0.327. The molecular weight excluding hydrogens is 305 g/mol. The van der Waals surface area contributed by atoms with Crippen molar-refractivity contribution in [1.82, 2.24) is 4.98 Å². The van der Waals surface area contributed by atoms with E-state index in [0.717, 1.165) is 12.1 Å². The number of hydrogen-bond donors (Lipinski definition) is 1. The average Bonchev–Trinajstić information content (AvgIpc) is 2.41. The molecule has 0 saturated heterocycles. The van der Waals surface area contributed by atoms with E-state index in [2.05, 4.69) is 10.3 Å². The van der Waals surface area contributed by atoms with Gasteiger partial charge in [-0.05, 0) is 37.3 Å². The summed E-state index contributed by atoms with van der Waals surface area (Å²) in [4.78, 5) is 3.99. The number of hydrogen-bond acceptors (Lipinski definition) is 3. The summed E-state index contributed by atoms with van der Waals surface area (Å²) in [6.45, 7) is 2.22. The lowest BCUT2D eigenvalue weighted by atomic mass is 10.2. The number of benzene rings is 1. The van der Waals surface area contributed by atoms with Gasteiger partial charge in [0, 0.05) is 17.6 Å². The zero-order chi connectivity index (χ0) is 15.5. The Morgan fingerprint density at radius 1 is 1.19 bits per heavy atom. The molecule has 7 heteroatoms. The predicted molar refractivity (Wildman–Crippen MR) is 74.9 cm³/mol. The molecule has 0 amide bonds. The van der Waals surface area contributed by atoms with Gasteiger partial charge in [0.2, 0.25) is 5.88 Å². The molecule has 0 spiro atoms. The summed E-state index contributed by atoms with van der Waals surface area (Å²) < 4.78 is 43.9. The Balaban J connectivity index is 2.33. The topological polar surface area (TPSA) is 34.1 Å². The van der Waals surface area contributed by atoms with E-state index in [0.29, 0.717) is 17.3 Å². The number of nitrogens with zero attached hydrogens (tertiary/aromatic N) is 1. The van der Waals surface area contributed by atoms with Crippen molar-refractivity contribution < 1.29 is 17.9 Å². The van der Waals surface area contributed by atoms with E-state index in [-0.39, 0.29) is 11.7 Å². The van der Waals surface area contributed by atoms with Gasteiger partial charge >= 0.3 is 6.18 Å². The number of rotatable bonds is 4. The Morgan fingerprint density at radius 2 is 1.86 bits per heavy atom. The van der Waals surface area contributed by atoms with Gasteiger partial charge < -0.3 is 10.1 Å². The molecule has 0 saturated carbocycles. The number of alkyl halides is 3. The molecule has 1 aromatic carbocycles. The van der Waals surface area contributed by atoms with Gasteiger partial charge in [0.1, 0.15) is 11.6 Å². The quantitative estimate of drug-likeness (QED) is 0.864. The van der Waals surface area contributed by atoms with Crippen LogP contribution in [0.4, 0.5) is 19.0 Å². The Morgan fingerprint density at radius 3 is 2.43 bits per heavy atom. The van der Waals surface area contributed by atoms with E-state index < -0.39 is 11.7 Å². The first-order valence-corrected chi connectivity index (χ1v) is 6.53. The van der Waals surface area contributed by atoms with E-state index >= 15 is 0 Å². The molecule has 0 radical (unpaired) electrons. The Bertz CT molecular complexity index is 615. The van der Waals surface area contributed by atoms with Gasteiger partial charge in [-0.15, -0.1) is 0 Å². The molecule has 1 aromatic heterocycles. The van der Waals surface area contributed by atoms with E-state index in [4.69, 9.17) is 16.3 Å². The second-order valence-electron chi connectivity index (χ2n) is 4.16. The molecule has 1 N–H and O–H groups in total. The Hall–Kier alpha value is -1.95. The van der Waals surface area contributed by atoms with Gasteiger partial charge in [-0.3, -0.25) is 0 Å². The number of aromatic nitrogens is 1. The highest BCUT2D eigenvalue weighted by Gasteiger charge is 2.32. The lowest BCUT2D eigenvalue weighted by Crippen LogP contribution is -2.08. The van der Waals surface area contributed by atoms with Crippen LogP contribution in [0.3, 0.4) is 0 Å². The first kappa shape index (κ1) is 15.4. The second-order valence-corrected chi connectivity index (χ2v) is 4.60. The van der Waals surface area contributed by atoms with Crippen molar-refractivity contribution in [2.24, 2.45) is 0 Å². The zero-order valence-corrected chi connectivity index (χ0v) is 11.8. The fourth-order valence-corrected chi connectivity index (χ4v) is 1.74. The third-order valence-electron chi connectivity index (χ3n) is 2.52. The largest absolute Gasteiger partial charge is 0.439 e. The van der Waals surface area contributed by atoms with Crippen LogP contribution in [-0.2, 0) is 6.18 Å². The number of pyridine rings is 1. The molecule has 0 aliphatic rings. The van der Waals surface area contributed by atoms with E-state index in [1.54, 1.807) is 31.2 Å². The summed E-state index contributed by atoms with van der Waals surface area (Å²) in [7, 11) is 0. The second kappa shape index (κ2) is 6.22. The van der Waals surface area contributed by atoms with Crippen LogP contribution < -0.4 is 10.1 Å². The van der Waals surface area contributed by atoms with Crippen LogP contribution >= 0.6 is 11.6 Å². The first-order valence-electron chi connectivity index (χ1n) is 6.15. The SMILES string of the molecule is CCNc1cc(C(F)(F)F)cc(Oc2ccc(Cl)cc2)n1. The highest BCUT2D eigenvalue weighted by molar-refractivity contribution is 6.30.